The third kappa shape index (κ3) is 4.00. The van der Waals surface area contributed by atoms with Crippen molar-refractivity contribution in [1.82, 2.24) is 4.90 Å². The van der Waals surface area contributed by atoms with Gasteiger partial charge in [0.25, 0.3) is 5.91 Å². The summed E-state index contributed by atoms with van der Waals surface area (Å²) >= 11 is 9.27. The molecule has 0 aliphatic carbocycles. The Morgan fingerprint density at radius 2 is 2.18 bits per heavy atom. The molecule has 1 aromatic rings. The molecule has 17 heavy (non-hydrogen) atoms. The predicted octanol–water partition coefficient (Wildman–Crippen LogP) is 3.90. The molecule has 0 saturated carbocycles. The van der Waals surface area contributed by atoms with Crippen LogP contribution in [0.4, 0.5) is 0 Å². The van der Waals surface area contributed by atoms with Crippen LogP contribution < -0.4 is 0 Å². The van der Waals surface area contributed by atoms with Crippen LogP contribution in [-0.2, 0) is 0 Å². The number of hydrogen-bond donors (Lipinski definition) is 0. The van der Waals surface area contributed by atoms with Gasteiger partial charge >= 0.3 is 0 Å². The first-order valence-electron chi connectivity index (χ1n) is 5.71. The second kappa shape index (κ2) is 7.02. The molecule has 0 N–H and O–H groups in total. The maximum atomic E-state index is 12.3. The lowest BCUT2D eigenvalue weighted by Gasteiger charge is -2.21. The molecule has 0 fully saturated rings. The number of aryl methyl sites for hydroxylation is 1. The number of alkyl halides is 1. The Bertz CT molecular complexity index is 395. The van der Waals surface area contributed by atoms with Crippen molar-refractivity contribution in [3.63, 3.8) is 0 Å². The van der Waals surface area contributed by atoms with Crippen LogP contribution in [0, 0.1) is 6.92 Å². The number of nitrogens with zero attached hydrogens (tertiary/aromatic N) is 1. The first kappa shape index (κ1) is 14.5. The van der Waals surface area contributed by atoms with Crippen molar-refractivity contribution in [2.45, 2.75) is 20.3 Å². The Hall–Kier alpha value is -0.540. The summed E-state index contributed by atoms with van der Waals surface area (Å²) in [6.45, 7) is 5.42. The van der Waals surface area contributed by atoms with E-state index in [1.165, 1.54) is 0 Å². The maximum Gasteiger partial charge on any atom is 0.254 e. The number of amides is 1. The van der Waals surface area contributed by atoms with Crippen molar-refractivity contribution >= 4 is 33.4 Å². The number of halogens is 2. The summed E-state index contributed by atoms with van der Waals surface area (Å²) in [5.41, 5.74) is 1.67. The van der Waals surface area contributed by atoms with Crippen LogP contribution in [0.3, 0.4) is 0 Å². The van der Waals surface area contributed by atoms with Crippen LogP contribution in [0.25, 0.3) is 0 Å². The zero-order chi connectivity index (χ0) is 12.8. The summed E-state index contributed by atoms with van der Waals surface area (Å²) in [5.74, 6) is 0.0858. The van der Waals surface area contributed by atoms with Gasteiger partial charge in [0.05, 0.1) is 0 Å². The molecule has 0 saturated heterocycles. The Morgan fingerprint density at radius 3 is 2.71 bits per heavy atom. The Balaban J connectivity index is 2.86. The van der Waals surface area contributed by atoms with Gasteiger partial charge in [-0.2, -0.15) is 0 Å². The predicted molar refractivity (Wildman–Crippen MR) is 76.2 cm³/mol. The van der Waals surface area contributed by atoms with Crippen LogP contribution >= 0.6 is 27.5 Å². The number of carbonyl (C=O) groups excluding carboxylic acids is 1. The lowest BCUT2D eigenvalue weighted by molar-refractivity contribution is 0.0764. The quantitative estimate of drug-likeness (QED) is 0.754. The van der Waals surface area contributed by atoms with E-state index in [9.17, 15) is 4.79 Å². The molecular weight excluding hydrogens is 302 g/mol. The second-order valence-corrected chi connectivity index (χ2v) is 5.12. The lowest BCUT2D eigenvalue weighted by atomic mass is 10.1. The highest BCUT2D eigenvalue weighted by Crippen LogP contribution is 2.17. The van der Waals surface area contributed by atoms with Gasteiger partial charge < -0.3 is 4.90 Å². The highest BCUT2D eigenvalue weighted by Gasteiger charge is 2.15. The van der Waals surface area contributed by atoms with E-state index in [1.54, 1.807) is 12.1 Å². The van der Waals surface area contributed by atoms with Crippen molar-refractivity contribution in [1.29, 1.82) is 0 Å². The molecule has 1 aromatic carbocycles. The molecule has 1 amide bonds. The Kier molecular flexibility index (Phi) is 6.00. The summed E-state index contributed by atoms with van der Waals surface area (Å²) < 4.78 is 0. The molecule has 0 unspecified atom stereocenters. The van der Waals surface area contributed by atoms with Crippen molar-refractivity contribution in [3.05, 3.63) is 34.3 Å². The highest BCUT2D eigenvalue weighted by molar-refractivity contribution is 9.09. The molecule has 0 bridgehead atoms. The van der Waals surface area contributed by atoms with Gasteiger partial charge in [0.2, 0.25) is 0 Å². The molecule has 1 rings (SSSR count). The zero-order valence-electron chi connectivity index (χ0n) is 10.2. The fraction of sp³-hybridized carbons (Fsp3) is 0.462. The third-order valence-electron chi connectivity index (χ3n) is 2.65. The lowest BCUT2D eigenvalue weighted by Crippen LogP contribution is -2.32. The smallest absolute Gasteiger partial charge is 0.254 e. The maximum absolute atomic E-state index is 12.3. The summed E-state index contributed by atoms with van der Waals surface area (Å²) in [6, 6.07) is 5.39. The van der Waals surface area contributed by atoms with Gasteiger partial charge in [0.1, 0.15) is 0 Å². The minimum Gasteiger partial charge on any atom is -0.339 e. The van der Waals surface area contributed by atoms with Crippen LogP contribution in [-0.4, -0.2) is 29.2 Å². The molecule has 0 aliphatic rings. The highest BCUT2D eigenvalue weighted by atomic mass is 79.9. The van der Waals surface area contributed by atoms with Gasteiger partial charge in [-0.25, -0.2) is 0 Å². The Labute approximate surface area is 116 Å². The topological polar surface area (TPSA) is 20.3 Å². The molecule has 0 aromatic heterocycles. The summed E-state index contributed by atoms with van der Waals surface area (Å²) in [5, 5.41) is 1.58. The monoisotopic (exact) mass is 317 g/mol. The average molecular weight is 319 g/mol. The van der Waals surface area contributed by atoms with Gasteiger partial charge in [-0.1, -0.05) is 27.5 Å². The molecular formula is C13H17BrClNO. The average Bonchev–Trinajstić information content (AvgIpc) is 2.29. The SMILES string of the molecule is CCN(CCCBr)C(=O)c1ccc(Cl)cc1C. The summed E-state index contributed by atoms with van der Waals surface area (Å²) in [4.78, 5) is 14.1. The van der Waals surface area contributed by atoms with Crippen molar-refractivity contribution < 1.29 is 4.79 Å². The normalized spacial score (nSPS) is 10.4. The molecule has 2 nitrogen and oxygen atoms in total. The van der Waals surface area contributed by atoms with Gasteiger partial charge in [0, 0.05) is 29.0 Å². The standard InChI is InChI=1S/C13H17BrClNO/c1-3-16(8-4-7-14)13(17)12-6-5-11(15)9-10(12)2/h5-6,9H,3-4,7-8H2,1-2H3. The molecule has 0 atom stereocenters. The van der Waals surface area contributed by atoms with E-state index < -0.39 is 0 Å². The summed E-state index contributed by atoms with van der Waals surface area (Å²) in [7, 11) is 0. The van der Waals surface area contributed by atoms with Gasteiger partial charge in [-0.15, -0.1) is 0 Å². The van der Waals surface area contributed by atoms with Crippen LogP contribution in [0.1, 0.15) is 29.3 Å². The molecule has 0 spiro atoms. The molecule has 0 heterocycles. The largest absolute Gasteiger partial charge is 0.339 e. The summed E-state index contributed by atoms with van der Waals surface area (Å²) in [6.07, 6.45) is 0.965. The third-order valence-corrected chi connectivity index (χ3v) is 3.45. The van der Waals surface area contributed by atoms with Crippen LogP contribution in [0.5, 0.6) is 0 Å². The van der Waals surface area contributed by atoms with E-state index in [2.05, 4.69) is 15.9 Å². The van der Waals surface area contributed by atoms with Crippen molar-refractivity contribution in [2.75, 3.05) is 18.4 Å². The van der Waals surface area contributed by atoms with E-state index in [0.29, 0.717) is 5.02 Å². The first-order valence-corrected chi connectivity index (χ1v) is 7.21. The number of benzene rings is 1. The fourth-order valence-electron chi connectivity index (χ4n) is 1.69. The number of hydrogen-bond acceptors (Lipinski definition) is 1. The van der Waals surface area contributed by atoms with Gasteiger partial charge in [-0.05, 0) is 44.0 Å². The molecule has 94 valence electrons. The number of rotatable bonds is 5. The zero-order valence-corrected chi connectivity index (χ0v) is 12.5. The molecule has 4 heteroatoms. The second-order valence-electron chi connectivity index (χ2n) is 3.89. The molecule has 0 radical (unpaired) electrons. The van der Waals surface area contributed by atoms with E-state index in [-0.39, 0.29) is 5.91 Å². The van der Waals surface area contributed by atoms with Crippen molar-refractivity contribution in [3.8, 4) is 0 Å². The molecule has 0 aliphatic heterocycles. The van der Waals surface area contributed by atoms with Gasteiger partial charge in [0.15, 0.2) is 0 Å². The Morgan fingerprint density at radius 1 is 1.47 bits per heavy atom. The van der Waals surface area contributed by atoms with E-state index in [1.807, 2.05) is 24.8 Å². The minimum absolute atomic E-state index is 0.0858. The van der Waals surface area contributed by atoms with Crippen LogP contribution in [0.2, 0.25) is 5.02 Å². The number of carbonyl (C=O) groups is 1. The van der Waals surface area contributed by atoms with Gasteiger partial charge in [-0.3, -0.25) is 4.79 Å². The van der Waals surface area contributed by atoms with E-state index in [4.69, 9.17) is 11.6 Å². The van der Waals surface area contributed by atoms with Crippen molar-refractivity contribution in [2.24, 2.45) is 0 Å². The minimum atomic E-state index is 0.0858. The first-order chi connectivity index (χ1) is 8.10. The van der Waals surface area contributed by atoms with E-state index >= 15 is 0 Å². The van der Waals surface area contributed by atoms with Crippen LogP contribution in [0.15, 0.2) is 18.2 Å². The fourth-order valence-corrected chi connectivity index (χ4v) is 2.17. The van der Waals surface area contributed by atoms with E-state index in [0.717, 1.165) is 36.0 Å².